The number of ether oxygens (including phenoxy) is 1. The Morgan fingerprint density at radius 2 is 1.94 bits per heavy atom. The van der Waals surface area contributed by atoms with E-state index in [2.05, 4.69) is 45.9 Å². The molecule has 3 unspecified atom stereocenters. The highest BCUT2D eigenvalue weighted by molar-refractivity contribution is 5.31. The van der Waals surface area contributed by atoms with Crippen LogP contribution in [0, 0.1) is 13.8 Å². The Morgan fingerprint density at radius 1 is 1.19 bits per heavy atom. The Hall–Kier alpha value is -0.820. The first-order valence-electron chi connectivity index (χ1n) is 6.34. The number of epoxide rings is 1. The van der Waals surface area contributed by atoms with Crippen molar-refractivity contribution in [3.8, 4) is 0 Å². The van der Waals surface area contributed by atoms with Crippen molar-refractivity contribution in [1.82, 2.24) is 0 Å². The van der Waals surface area contributed by atoms with Gasteiger partial charge in [0.05, 0.1) is 12.2 Å². The lowest BCUT2D eigenvalue weighted by atomic mass is 9.92. The van der Waals surface area contributed by atoms with Crippen LogP contribution in [0.3, 0.4) is 0 Å². The summed E-state index contributed by atoms with van der Waals surface area (Å²) in [6, 6.07) is 6.81. The predicted octanol–water partition coefficient (Wildman–Crippen LogP) is 3.97. The smallest absolute Gasteiger partial charge is 0.0847 e. The third-order valence-electron chi connectivity index (χ3n) is 3.78. The molecule has 2 rings (SSSR count). The number of rotatable bonds is 4. The molecule has 1 aliphatic heterocycles. The zero-order chi connectivity index (χ0) is 11.7. The molecular formula is C15H22O. The van der Waals surface area contributed by atoms with Gasteiger partial charge in [0.25, 0.3) is 0 Å². The van der Waals surface area contributed by atoms with Crippen LogP contribution >= 0.6 is 0 Å². The van der Waals surface area contributed by atoms with Crippen LogP contribution in [0.1, 0.15) is 49.3 Å². The molecule has 3 atom stereocenters. The van der Waals surface area contributed by atoms with Gasteiger partial charge in [-0.2, -0.15) is 0 Å². The summed E-state index contributed by atoms with van der Waals surface area (Å²) in [5, 5.41) is 0. The molecule has 0 aromatic heterocycles. The summed E-state index contributed by atoms with van der Waals surface area (Å²) in [6.07, 6.45) is 3.38. The van der Waals surface area contributed by atoms with Crippen LogP contribution < -0.4 is 0 Å². The maximum atomic E-state index is 5.61. The summed E-state index contributed by atoms with van der Waals surface area (Å²) in [5.41, 5.74) is 4.23. The van der Waals surface area contributed by atoms with Crippen LogP contribution in [0.25, 0.3) is 0 Å². The molecule has 0 spiro atoms. The van der Waals surface area contributed by atoms with E-state index in [9.17, 15) is 0 Å². The second-order valence-corrected chi connectivity index (χ2v) is 5.10. The lowest BCUT2D eigenvalue weighted by Gasteiger charge is -2.12. The van der Waals surface area contributed by atoms with Gasteiger partial charge in [-0.3, -0.25) is 0 Å². The van der Waals surface area contributed by atoms with Crippen LogP contribution in [0.2, 0.25) is 0 Å². The van der Waals surface area contributed by atoms with E-state index in [-0.39, 0.29) is 0 Å². The molecule has 1 heterocycles. The molecule has 1 aromatic rings. The van der Waals surface area contributed by atoms with Crippen molar-refractivity contribution in [2.75, 3.05) is 0 Å². The van der Waals surface area contributed by atoms with Crippen molar-refractivity contribution in [3.05, 3.63) is 34.9 Å². The van der Waals surface area contributed by atoms with Crippen LogP contribution in [-0.4, -0.2) is 12.2 Å². The molecule has 0 amide bonds. The van der Waals surface area contributed by atoms with E-state index in [0.717, 1.165) is 6.42 Å². The van der Waals surface area contributed by atoms with E-state index in [4.69, 9.17) is 4.74 Å². The fourth-order valence-corrected chi connectivity index (χ4v) is 2.30. The Kier molecular flexibility index (Phi) is 3.34. The van der Waals surface area contributed by atoms with Gasteiger partial charge in [-0.15, -0.1) is 0 Å². The average Bonchev–Trinajstić information content (AvgIpc) is 3.00. The lowest BCUT2D eigenvalue weighted by Crippen LogP contribution is -2.01. The van der Waals surface area contributed by atoms with E-state index >= 15 is 0 Å². The van der Waals surface area contributed by atoms with Gasteiger partial charge in [0, 0.05) is 0 Å². The molecule has 1 aliphatic rings. The first kappa shape index (κ1) is 11.7. The minimum Gasteiger partial charge on any atom is -0.370 e. The van der Waals surface area contributed by atoms with Crippen LogP contribution in [0.5, 0.6) is 0 Å². The molecule has 88 valence electrons. The summed E-state index contributed by atoms with van der Waals surface area (Å²) in [4.78, 5) is 0. The van der Waals surface area contributed by atoms with Crippen molar-refractivity contribution in [2.45, 2.75) is 58.7 Å². The van der Waals surface area contributed by atoms with Crippen molar-refractivity contribution < 1.29 is 4.74 Å². The summed E-state index contributed by atoms with van der Waals surface area (Å²) < 4.78 is 5.61. The van der Waals surface area contributed by atoms with Crippen LogP contribution in [0.4, 0.5) is 0 Å². The van der Waals surface area contributed by atoms with E-state index in [1.54, 1.807) is 0 Å². The normalized spacial score (nSPS) is 25.5. The quantitative estimate of drug-likeness (QED) is 0.696. The molecule has 1 saturated heterocycles. The van der Waals surface area contributed by atoms with Gasteiger partial charge in [-0.05, 0) is 49.3 Å². The summed E-state index contributed by atoms with van der Waals surface area (Å²) in [7, 11) is 0. The molecular weight excluding hydrogens is 196 g/mol. The average molecular weight is 218 g/mol. The monoisotopic (exact) mass is 218 g/mol. The van der Waals surface area contributed by atoms with Gasteiger partial charge in [0.15, 0.2) is 0 Å². The van der Waals surface area contributed by atoms with E-state index in [0.29, 0.717) is 18.1 Å². The molecule has 0 N–H and O–H groups in total. The standard InChI is InChI=1S/C15H22O/c1-5-14-15(16-14)9-12(4)13-7-6-10(2)11(3)8-13/h6-8,12,14-15H,5,9H2,1-4H3. The fourth-order valence-electron chi connectivity index (χ4n) is 2.30. The van der Waals surface area contributed by atoms with Crippen molar-refractivity contribution >= 4 is 0 Å². The molecule has 1 heteroatoms. The number of hydrogen-bond acceptors (Lipinski definition) is 1. The Labute approximate surface area is 98.8 Å². The maximum absolute atomic E-state index is 5.61. The fraction of sp³-hybridized carbons (Fsp3) is 0.600. The van der Waals surface area contributed by atoms with Crippen molar-refractivity contribution in [2.24, 2.45) is 0 Å². The minimum atomic E-state index is 0.515. The van der Waals surface area contributed by atoms with E-state index < -0.39 is 0 Å². The van der Waals surface area contributed by atoms with Crippen LogP contribution in [0.15, 0.2) is 18.2 Å². The van der Waals surface area contributed by atoms with Gasteiger partial charge in [0.1, 0.15) is 0 Å². The molecule has 1 fully saturated rings. The zero-order valence-electron chi connectivity index (χ0n) is 10.8. The molecule has 0 radical (unpaired) electrons. The highest BCUT2D eigenvalue weighted by Crippen LogP contribution is 2.34. The summed E-state index contributed by atoms with van der Waals surface area (Å²) >= 11 is 0. The Morgan fingerprint density at radius 3 is 2.50 bits per heavy atom. The number of benzene rings is 1. The van der Waals surface area contributed by atoms with Gasteiger partial charge in [0.2, 0.25) is 0 Å². The SMILES string of the molecule is CCC1OC1CC(C)c1ccc(C)c(C)c1. The van der Waals surface area contributed by atoms with Gasteiger partial charge < -0.3 is 4.74 Å². The second kappa shape index (κ2) is 4.58. The first-order valence-corrected chi connectivity index (χ1v) is 6.34. The van der Waals surface area contributed by atoms with E-state index in [1.807, 2.05) is 0 Å². The molecule has 1 aromatic carbocycles. The molecule has 16 heavy (non-hydrogen) atoms. The predicted molar refractivity (Wildman–Crippen MR) is 67.9 cm³/mol. The minimum absolute atomic E-state index is 0.515. The van der Waals surface area contributed by atoms with Gasteiger partial charge in [-0.25, -0.2) is 0 Å². The maximum Gasteiger partial charge on any atom is 0.0847 e. The molecule has 0 bridgehead atoms. The number of aryl methyl sites for hydroxylation is 2. The summed E-state index contributed by atoms with van der Waals surface area (Å²) in [6.45, 7) is 8.86. The third-order valence-corrected chi connectivity index (χ3v) is 3.78. The molecule has 1 nitrogen and oxygen atoms in total. The highest BCUT2D eigenvalue weighted by Gasteiger charge is 2.37. The zero-order valence-corrected chi connectivity index (χ0v) is 10.8. The summed E-state index contributed by atoms with van der Waals surface area (Å²) in [5.74, 6) is 0.612. The Balaban J connectivity index is 1.98. The Bertz CT molecular complexity index is 370. The molecule has 0 aliphatic carbocycles. The number of hydrogen-bond donors (Lipinski definition) is 0. The van der Waals surface area contributed by atoms with E-state index in [1.165, 1.54) is 23.1 Å². The van der Waals surface area contributed by atoms with Gasteiger partial charge >= 0.3 is 0 Å². The second-order valence-electron chi connectivity index (χ2n) is 5.10. The van der Waals surface area contributed by atoms with Crippen molar-refractivity contribution in [1.29, 1.82) is 0 Å². The van der Waals surface area contributed by atoms with Crippen molar-refractivity contribution in [3.63, 3.8) is 0 Å². The molecule has 0 saturated carbocycles. The van der Waals surface area contributed by atoms with Gasteiger partial charge in [-0.1, -0.05) is 32.0 Å². The lowest BCUT2D eigenvalue weighted by molar-refractivity contribution is 0.353. The topological polar surface area (TPSA) is 12.5 Å². The van der Waals surface area contributed by atoms with Crippen LogP contribution in [-0.2, 0) is 4.74 Å². The first-order chi connectivity index (χ1) is 7.61. The third kappa shape index (κ3) is 2.46. The largest absolute Gasteiger partial charge is 0.370 e. The highest BCUT2D eigenvalue weighted by atomic mass is 16.6.